The normalized spacial score (nSPS) is 18.9. The number of benzene rings is 1. The fourth-order valence-corrected chi connectivity index (χ4v) is 3.07. The van der Waals surface area contributed by atoms with Crippen LogP contribution in [0.25, 0.3) is 5.69 Å². The number of hydrogen-bond donors (Lipinski definition) is 0. The highest BCUT2D eigenvalue weighted by molar-refractivity contribution is 9.10. The number of aromatic nitrogens is 2. The van der Waals surface area contributed by atoms with Crippen LogP contribution < -0.4 is 4.90 Å². The van der Waals surface area contributed by atoms with Gasteiger partial charge in [-0.15, -0.1) is 0 Å². The number of anilines is 1. The lowest BCUT2D eigenvalue weighted by molar-refractivity contribution is 0.0248. The van der Waals surface area contributed by atoms with E-state index in [9.17, 15) is 0 Å². The molecular formula is C16H21BrN4O. The minimum absolute atomic E-state index is 0.259. The molecular weight excluding hydrogens is 344 g/mol. The lowest BCUT2D eigenvalue weighted by atomic mass is 10.2. The summed E-state index contributed by atoms with van der Waals surface area (Å²) < 4.78 is 8.72. The first-order valence-electron chi connectivity index (χ1n) is 7.43. The topological polar surface area (TPSA) is 33.5 Å². The third-order valence-corrected chi connectivity index (χ3v) is 4.16. The first-order valence-corrected chi connectivity index (χ1v) is 8.22. The summed E-state index contributed by atoms with van der Waals surface area (Å²) in [4.78, 5) is 8.79. The second kappa shape index (κ2) is 6.81. The number of hydrogen-bond acceptors (Lipinski definition) is 4. The van der Waals surface area contributed by atoms with Gasteiger partial charge in [0.15, 0.2) is 0 Å². The maximum atomic E-state index is 5.85. The molecule has 0 spiro atoms. The fraction of sp³-hybridized carbons (Fsp3) is 0.438. The Hall–Kier alpha value is -1.37. The van der Waals surface area contributed by atoms with Crippen LogP contribution in [0.3, 0.4) is 0 Å². The zero-order chi connectivity index (χ0) is 15.5. The van der Waals surface area contributed by atoms with Crippen LogP contribution in [0.2, 0.25) is 0 Å². The summed E-state index contributed by atoms with van der Waals surface area (Å²) in [5.74, 6) is 0. The van der Waals surface area contributed by atoms with Crippen molar-refractivity contribution in [2.75, 3.05) is 45.2 Å². The average Bonchev–Trinajstić information content (AvgIpc) is 2.94. The number of rotatable bonds is 4. The standard InChI is InChI=1S/C16H21BrN4O/c1-19(2)9-15-10-20(6-7-22-15)13-4-3-5-14(8-13)21-11-16(17)18-12-21/h3-5,8,11-12,15H,6-7,9-10H2,1-2H3. The highest BCUT2D eigenvalue weighted by atomic mass is 79.9. The van der Waals surface area contributed by atoms with Gasteiger partial charge >= 0.3 is 0 Å². The molecule has 1 unspecified atom stereocenters. The molecule has 0 radical (unpaired) electrons. The van der Waals surface area contributed by atoms with Crippen molar-refractivity contribution in [3.05, 3.63) is 41.4 Å². The van der Waals surface area contributed by atoms with Crippen LogP contribution in [-0.2, 0) is 4.74 Å². The molecule has 5 nitrogen and oxygen atoms in total. The van der Waals surface area contributed by atoms with Gasteiger partial charge in [-0.3, -0.25) is 0 Å². The maximum absolute atomic E-state index is 5.85. The molecule has 118 valence electrons. The Bertz CT molecular complexity index is 628. The molecule has 1 atom stereocenters. The third kappa shape index (κ3) is 3.69. The quantitative estimate of drug-likeness (QED) is 0.833. The van der Waals surface area contributed by atoms with Crippen molar-refractivity contribution in [1.29, 1.82) is 0 Å². The van der Waals surface area contributed by atoms with Crippen molar-refractivity contribution in [1.82, 2.24) is 14.5 Å². The zero-order valence-corrected chi connectivity index (χ0v) is 14.5. The molecule has 1 aromatic carbocycles. The van der Waals surface area contributed by atoms with E-state index in [1.165, 1.54) is 5.69 Å². The molecule has 0 N–H and O–H groups in total. The van der Waals surface area contributed by atoms with Crippen molar-refractivity contribution < 1.29 is 4.74 Å². The smallest absolute Gasteiger partial charge is 0.124 e. The predicted octanol–water partition coefficient (Wildman–Crippen LogP) is 2.40. The van der Waals surface area contributed by atoms with E-state index in [-0.39, 0.29) is 6.10 Å². The van der Waals surface area contributed by atoms with Gasteiger partial charge in [-0.1, -0.05) is 6.07 Å². The molecule has 2 heterocycles. The van der Waals surface area contributed by atoms with Crippen LogP contribution in [0.15, 0.2) is 41.4 Å². The summed E-state index contributed by atoms with van der Waals surface area (Å²) in [5.41, 5.74) is 2.35. The lowest BCUT2D eigenvalue weighted by Crippen LogP contribution is -2.46. The molecule has 1 aliphatic rings. The van der Waals surface area contributed by atoms with Gasteiger partial charge in [0.25, 0.3) is 0 Å². The molecule has 1 aliphatic heterocycles. The molecule has 2 aromatic rings. The second-order valence-corrected chi connectivity index (χ2v) is 6.64. The summed E-state index contributed by atoms with van der Waals surface area (Å²) in [6, 6.07) is 8.55. The molecule has 1 saturated heterocycles. The van der Waals surface area contributed by atoms with Gasteiger partial charge in [0, 0.05) is 37.2 Å². The monoisotopic (exact) mass is 364 g/mol. The second-order valence-electron chi connectivity index (χ2n) is 5.82. The molecule has 1 fully saturated rings. The third-order valence-electron chi connectivity index (χ3n) is 3.75. The summed E-state index contributed by atoms with van der Waals surface area (Å²) in [6.07, 6.45) is 4.04. The Morgan fingerprint density at radius 1 is 1.36 bits per heavy atom. The summed E-state index contributed by atoms with van der Waals surface area (Å²) >= 11 is 3.39. The molecule has 6 heteroatoms. The Labute approximate surface area is 139 Å². The van der Waals surface area contributed by atoms with Gasteiger partial charge in [0.05, 0.1) is 12.7 Å². The van der Waals surface area contributed by atoms with Crippen LogP contribution in [0.1, 0.15) is 0 Å². The largest absolute Gasteiger partial charge is 0.373 e. The maximum Gasteiger partial charge on any atom is 0.124 e. The minimum Gasteiger partial charge on any atom is -0.373 e. The Morgan fingerprint density at radius 3 is 2.91 bits per heavy atom. The summed E-state index contributed by atoms with van der Waals surface area (Å²) in [7, 11) is 4.17. The lowest BCUT2D eigenvalue weighted by Gasteiger charge is -2.35. The van der Waals surface area contributed by atoms with Crippen LogP contribution in [0.4, 0.5) is 5.69 Å². The SMILES string of the molecule is CN(C)CC1CN(c2cccc(-n3cnc(Br)c3)c2)CCO1. The summed E-state index contributed by atoms with van der Waals surface area (Å²) in [6.45, 7) is 3.58. The number of halogens is 1. The molecule has 0 amide bonds. The van der Waals surface area contributed by atoms with E-state index in [1.54, 1.807) is 0 Å². The Kier molecular flexibility index (Phi) is 4.81. The van der Waals surface area contributed by atoms with Crippen molar-refractivity contribution in [2.45, 2.75) is 6.10 Å². The first-order chi connectivity index (χ1) is 10.6. The van der Waals surface area contributed by atoms with Crippen LogP contribution in [0.5, 0.6) is 0 Å². The molecule has 1 aromatic heterocycles. The van der Waals surface area contributed by atoms with Gasteiger partial charge in [-0.2, -0.15) is 0 Å². The van der Waals surface area contributed by atoms with Crippen molar-refractivity contribution in [3.63, 3.8) is 0 Å². The average molecular weight is 365 g/mol. The van der Waals surface area contributed by atoms with Crippen LogP contribution in [0, 0.1) is 0 Å². The highest BCUT2D eigenvalue weighted by Crippen LogP contribution is 2.22. The fourth-order valence-electron chi connectivity index (χ4n) is 2.76. The summed E-state index contributed by atoms with van der Waals surface area (Å²) in [5, 5.41) is 0. The van der Waals surface area contributed by atoms with E-state index in [0.29, 0.717) is 0 Å². The van der Waals surface area contributed by atoms with Crippen molar-refractivity contribution in [2.24, 2.45) is 0 Å². The van der Waals surface area contributed by atoms with Crippen LogP contribution in [-0.4, -0.2) is 60.9 Å². The van der Waals surface area contributed by atoms with Crippen LogP contribution >= 0.6 is 15.9 Å². The van der Waals surface area contributed by atoms with Gasteiger partial charge in [0.2, 0.25) is 0 Å². The predicted molar refractivity (Wildman–Crippen MR) is 91.8 cm³/mol. The number of nitrogens with zero attached hydrogens (tertiary/aromatic N) is 4. The number of ether oxygens (including phenoxy) is 1. The zero-order valence-electron chi connectivity index (χ0n) is 12.9. The Balaban J connectivity index is 1.77. The van der Waals surface area contributed by atoms with Gasteiger partial charge in [-0.25, -0.2) is 4.98 Å². The van der Waals surface area contributed by atoms with E-state index < -0.39 is 0 Å². The minimum atomic E-state index is 0.259. The molecule has 0 bridgehead atoms. The van der Waals surface area contributed by atoms with Crippen molar-refractivity contribution >= 4 is 21.6 Å². The number of likely N-dealkylation sites (N-methyl/N-ethyl adjacent to an activating group) is 1. The number of imidazole rings is 1. The number of morpholine rings is 1. The van der Waals surface area contributed by atoms with Gasteiger partial charge < -0.3 is 19.1 Å². The molecule has 0 saturated carbocycles. The highest BCUT2D eigenvalue weighted by Gasteiger charge is 2.21. The van der Waals surface area contributed by atoms with E-state index in [2.05, 4.69) is 69.1 Å². The molecule has 22 heavy (non-hydrogen) atoms. The molecule has 0 aliphatic carbocycles. The van der Waals surface area contributed by atoms with Crippen molar-refractivity contribution in [3.8, 4) is 5.69 Å². The van der Waals surface area contributed by atoms with Gasteiger partial charge in [0.1, 0.15) is 10.9 Å². The van der Waals surface area contributed by atoms with E-state index in [1.807, 2.05) is 17.1 Å². The van der Waals surface area contributed by atoms with Gasteiger partial charge in [-0.05, 0) is 48.2 Å². The first kappa shape index (κ1) is 15.5. The van der Waals surface area contributed by atoms with E-state index >= 15 is 0 Å². The van der Waals surface area contributed by atoms with E-state index in [4.69, 9.17) is 4.74 Å². The Morgan fingerprint density at radius 2 is 2.18 bits per heavy atom. The molecule has 3 rings (SSSR count). The van der Waals surface area contributed by atoms with E-state index in [0.717, 1.165) is 36.5 Å².